The minimum absolute atomic E-state index is 0.0515. The molecule has 0 fully saturated rings. The molecule has 0 bridgehead atoms. The van der Waals surface area contributed by atoms with Crippen LogP contribution in [-0.4, -0.2) is 19.9 Å². The van der Waals surface area contributed by atoms with Crippen LogP contribution in [0.2, 0.25) is 0 Å². The Morgan fingerprint density at radius 3 is 2.56 bits per heavy atom. The average molecular weight is 267 g/mol. The zero-order chi connectivity index (χ0) is 13.3. The van der Waals surface area contributed by atoms with Crippen molar-refractivity contribution in [3.8, 4) is 0 Å². The smallest absolute Gasteiger partial charge is 0.256 e. The summed E-state index contributed by atoms with van der Waals surface area (Å²) in [6.45, 7) is 0.360. The van der Waals surface area contributed by atoms with Gasteiger partial charge in [-0.05, 0) is 31.2 Å². The van der Waals surface area contributed by atoms with Crippen LogP contribution < -0.4 is 16.4 Å². The molecule has 0 aliphatic heterocycles. The fourth-order valence-corrected chi connectivity index (χ4v) is 2.60. The topological polar surface area (TPSA) is 119 Å². The normalized spacial score (nSPS) is 11.9. The molecule has 0 aliphatic carbocycles. The second-order valence-electron chi connectivity index (χ2n) is 3.92. The van der Waals surface area contributed by atoms with Crippen molar-refractivity contribution in [3.05, 3.63) is 40.3 Å². The highest BCUT2D eigenvalue weighted by Gasteiger charge is 2.14. The predicted octanol–water partition coefficient (Wildman–Crippen LogP) is -0.323. The number of fused-ring (bicyclic) bond motifs is 1. The maximum atomic E-state index is 11.8. The lowest BCUT2D eigenvalue weighted by Crippen LogP contribution is -2.16. The van der Waals surface area contributed by atoms with Crippen LogP contribution in [0.1, 0.15) is 5.69 Å². The maximum Gasteiger partial charge on any atom is 0.256 e. The van der Waals surface area contributed by atoms with Gasteiger partial charge in [0.25, 0.3) is 5.56 Å². The molecule has 0 amide bonds. The summed E-state index contributed by atoms with van der Waals surface area (Å²) in [5, 5.41) is 5.75. The Hall–Kier alpha value is -1.70. The molecule has 18 heavy (non-hydrogen) atoms. The van der Waals surface area contributed by atoms with Crippen molar-refractivity contribution in [1.29, 1.82) is 0 Å². The monoisotopic (exact) mass is 267 g/mol. The molecule has 6 nitrogen and oxygen atoms in total. The number of H-pyrrole nitrogens is 1. The van der Waals surface area contributed by atoms with Gasteiger partial charge in [0, 0.05) is 16.5 Å². The van der Waals surface area contributed by atoms with E-state index >= 15 is 0 Å². The van der Waals surface area contributed by atoms with Gasteiger partial charge in [-0.15, -0.1) is 0 Å². The summed E-state index contributed by atoms with van der Waals surface area (Å²) in [6, 6.07) is 6.02. The number of pyridine rings is 1. The minimum atomic E-state index is -3.86. The largest absolute Gasteiger partial charge is 0.330 e. The first-order valence-electron chi connectivity index (χ1n) is 5.31. The number of hydrogen-bond donors (Lipinski definition) is 3. The third-order valence-electron chi connectivity index (χ3n) is 2.62. The number of aromatic nitrogens is 1. The van der Waals surface area contributed by atoms with Gasteiger partial charge in [-0.25, -0.2) is 13.6 Å². The molecule has 1 aromatic carbocycles. The molecule has 1 heterocycles. The molecule has 0 atom stereocenters. The molecular weight excluding hydrogens is 254 g/mol. The standard InChI is InChI=1S/C11H13N3O3S/c12-5-4-7-6-9-8(11(15)14-7)2-1-3-10(9)18(13,16)17/h1-3,6H,4-5,12H2,(H,14,15)(H2,13,16,17). The van der Waals surface area contributed by atoms with Crippen LogP contribution in [0, 0.1) is 0 Å². The number of benzene rings is 1. The summed E-state index contributed by atoms with van der Waals surface area (Å²) in [5.74, 6) is 0. The summed E-state index contributed by atoms with van der Waals surface area (Å²) in [5.41, 5.74) is 5.66. The van der Waals surface area contributed by atoms with Crippen LogP contribution in [-0.2, 0) is 16.4 Å². The summed E-state index contributed by atoms with van der Waals surface area (Å²) in [7, 11) is -3.86. The van der Waals surface area contributed by atoms with E-state index in [-0.39, 0.29) is 10.5 Å². The van der Waals surface area contributed by atoms with E-state index in [1.807, 2.05) is 0 Å². The van der Waals surface area contributed by atoms with Crippen LogP contribution in [0.25, 0.3) is 10.8 Å². The van der Waals surface area contributed by atoms with Crippen LogP contribution >= 0.6 is 0 Å². The third-order valence-corrected chi connectivity index (χ3v) is 3.59. The van der Waals surface area contributed by atoms with E-state index in [4.69, 9.17) is 10.9 Å². The Labute approximate surface area is 104 Å². The van der Waals surface area contributed by atoms with E-state index in [1.165, 1.54) is 12.1 Å². The highest BCUT2D eigenvalue weighted by atomic mass is 32.2. The van der Waals surface area contributed by atoms with E-state index in [0.717, 1.165) is 0 Å². The van der Waals surface area contributed by atoms with Gasteiger partial charge in [0.15, 0.2) is 0 Å². The van der Waals surface area contributed by atoms with Gasteiger partial charge >= 0.3 is 0 Å². The van der Waals surface area contributed by atoms with Crippen LogP contribution in [0.4, 0.5) is 0 Å². The second-order valence-corrected chi connectivity index (χ2v) is 5.45. The van der Waals surface area contributed by atoms with E-state index in [0.29, 0.717) is 29.4 Å². The van der Waals surface area contributed by atoms with Crippen molar-refractivity contribution < 1.29 is 8.42 Å². The number of nitrogens with one attached hydrogen (secondary N) is 1. The quantitative estimate of drug-likeness (QED) is 0.705. The number of primary sulfonamides is 1. The van der Waals surface area contributed by atoms with Crippen molar-refractivity contribution in [2.75, 3.05) is 6.54 Å². The average Bonchev–Trinajstić information content (AvgIpc) is 2.27. The molecule has 0 spiro atoms. The molecule has 7 heteroatoms. The third kappa shape index (κ3) is 2.28. The Bertz CT molecular complexity index is 750. The molecule has 0 unspecified atom stereocenters. The fourth-order valence-electron chi connectivity index (χ4n) is 1.85. The molecule has 0 aliphatic rings. The summed E-state index contributed by atoms with van der Waals surface area (Å²) < 4.78 is 22.9. The molecule has 96 valence electrons. The summed E-state index contributed by atoms with van der Waals surface area (Å²) >= 11 is 0. The minimum Gasteiger partial charge on any atom is -0.330 e. The van der Waals surface area contributed by atoms with Crippen molar-refractivity contribution in [3.63, 3.8) is 0 Å². The van der Waals surface area contributed by atoms with Crippen molar-refractivity contribution >= 4 is 20.8 Å². The Morgan fingerprint density at radius 2 is 1.94 bits per heavy atom. The Morgan fingerprint density at radius 1 is 1.22 bits per heavy atom. The van der Waals surface area contributed by atoms with E-state index in [1.54, 1.807) is 12.1 Å². The zero-order valence-electron chi connectivity index (χ0n) is 9.51. The van der Waals surface area contributed by atoms with Gasteiger partial charge in [0.1, 0.15) is 0 Å². The van der Waals surface area contributed by atoms with Gasteiger partial charge in [0.2, 0.25) is 10.0 Å². The van der Waals surface area contributed by atoms with Gasteiger partial charge in [-0.1, -0.05) is 6.07 Å². The van der Waals surface area contributed by atoms with Gasteiger partial charge in [-0.2, -0.15) is 0 Å². The highest BCUT2D eigenvalue weighted by molar-refractivity contribution is 7.89. The number of hydrogen-bond acceptors (Lipinski definition) is 4. The van der Waals surface area contributed by atoms with Crippen LogP contribution in [0.3, 0.4) is 0 Å². The fraction of sp³-hybridized carbons (Fsp3) is 0.182. The first-order valence-corrected chi connectivity index (χ1v) is 6.86. The predicted molar refractivity (Wildman–Crippen MR) is 68.7 cm³/mol. The van der Waals surface area contributed by atoms with Gasteiger partial charge in [-0.3, -0.25) is 4.79 Å². The second kappa shape index (κ2) is 4.52. The van der Waals surface area contributed by atoms with Gasteiger partial charge < -0.3 is 10.7 Å². The molecule has 5 N–H and O–H groups in total. The molecule has 0 radical (unpaired) electrons. The lowest BCUT2D eigenvalue weighted by molar-refractivity contribution is 0.598. The SMILES string of the molecule is NCCc1cc2c(S(N)(=O)=O)cccc2c(=O)[nH]1. The summed E-state index contributed by atoms with van der Waals surface area (Å²) in [6.07, 6.45) is 0.462. The number of rotatable bonds is 3. The molecule has 0 saturated heterocycles. The first kappa shape index (κ1) is 12.7. The summed E-state index contributed by atoms with van der Waals surface area (Å²) in [4.78, 5) is 14.4. The maximum absolute atomic E-state index is 11.8. The molecule has 2 aromatic rings. The zero-order valence-corrected chi connectivity index (χ0v) is 10.3. The van der Waals surface area contributed by atoms with Crippen molar-refractivity contribution in [1.82, 2.24) is 4.98 Å². The molecule has 1 aromatic heterocycles. The van der Waals surface area contributed by atoms with E-state index in [2.05, 4.69) is 4.98 Å². The lowest BCUT2D eigenvalue weighted by Gasteiger charge is -2.06. The van der Waals surface area contributed by atoms with Gasteiger partial charge in [0.05, 0.1) is 4.90 Å². The van der Waals surface area contributed by atoms with Crippen LogP contribution in [0.15, 0.2) is 34.0 Å². The van der Waals surface area contributed by atoms with E-state index in [9.17, 15) is 13.2 Å². The molecule has 0 saturated carbocycles. The number of aromatic amines is 1. The van der Waals surface area contributed by atoms with Crippen molar-refractivity contribution in [2.24, 2.45) is 10.9 Å². The lowest BCUT2D eigenvalue weighted by atomic mass is 10.1. The number of sulfonamides is 1. The molecular formula is C11H13N3O3S. The first-order chi connectivity index (χ1) is 8.43. The Kier molecular flexibility index (Phi) is 3.20. The molecule has 2 rings (SSSR count). The van der Waals surface area contributed by atoms with Crippen LogP contribution in [0.5, 0.6) is 0 Å². The number of nitrogens with two attached hydrogens (primary N) is 2. The Balaban J connectivity index is 2.87. The highest BCUT2D eigenvalue weighted by Crippen LogP contribution is 2.20. The van der Waals surface area contributed by atoms with Crippen molar-refractivity contribution in [2.45, 2.75) is 11.3 Å². The van der Waals surface area contributed by atoms with E-state index < -0.39 is 10.0 Å².